The molecule has 0 heterocycles. The number of halogens is 1. The number of phenols is 1. The van der Waals surface area contributed by atoms with Gasteiger partial charge in [0, 0.05) is 18.1 Å². The zero-order valence-electron chi connectivity index (χ0n) is 10.3. The number of Topliss-reactive ketones (excluding diaryl/α,β-unsaturated/α-hetero) is 1. The Labute approximate surface area is 113 Å². The Balaban J connectivity index is 2.09. The van der Waals surface area contributed by atoms with Crippen LogP contribution in [0.25, 0.3) is 11.1 Å². The van der Waals surface area contributed by atoms with Gasteiger partial charge in [-0.1, -0.05) is 23.4 Å². The minimum absolute atomic E-state index is 0.0965. The van der Waals surface area contributed by atoms with E-state index in [4.69, 9.17) is 5.21 Å². The molecule has 2 aromatic carbocycles. The van der Waals surface area contributed by atoms with Crippen LogP contribution in [0, 0.1) is 5.82 Å². The Hall–Kier alpha value is -2.69. The predicted octanol–water partition coefficient (Wildman–Crippen LogP) is 2.77. The van der Waals surface area contributed by atoms with Crippen molar-refractivity contribution in [3.8, 4) is 16.9 Å². The highest BCUT2D eigenvalue weighted by molar-refractivity contribution is 6.49. The lowest BCUT2D eigenvalue weighted by atomic mass is 10.00. The molecule has 1 aliphatic rings. The first-order valence-corrected chi connectivity index (χ1v) is 5.97. The maximum Gasteiger partial charge on any atom is 0.211 e. The molecule has 100 valence electrons. The number of aromatic hydroxyl groups is 1. The van der Waals surface area contributed by atoms with Gasteiger partial charge < -0.3 is 10.3 Å². The van der Waals surface area contributed by atoms with E-state index in [0.29, 0.717) is 16.7 Å². The summed E-state index contributed by atoms with van der Waals surface area (Å²) in [5.74, 6) is -0.987. The van der Waals surface area contributed by atoms with Crippen LogP contribution in [0.2, 0.25) is 0 Å². The Kier molecular flexibility index (Phi) is 2.75. The van der Waals surface area contributed by atoms with E-state index in [-0.39, 0.29) is 23.7 Å². The van der Waals surface area contributed by atoms with Crippen LogP contribution in [0.1, 0.15) is 15.9 Å². The van der Waals surface area contributed by atoms with Gasteiger partial charge in [-0.15, -0.1) is 0 Å². The summed E-state index contributed by atoms with van der Waals surface area (Å²) in [6.07, 6.45) is 0.250. The molecule has 0 spiro atoms. The van der Waals surface area contributed by atoms with E-state index in [9.17, 15) is 14.3 Å². The van der Waals surface area contributed by atoms with Gasteiger partial charge in [-0.3, -0.25) is 4.79 Å². The highest BCUT2D eigenvalue weighted by Gasteiger charge is 2.27. The molecule has 0 unspecified atom stereocenters. The van der Waals surface area contributed by atoms with Crippen molar-refractivity contribution in [3.05, 3.63) is 53.3 Å². The fraction of sp³-hybridized carbons (Fsp3) is 0.0667. The summed E-state index contributed by atoms with van der Waals surface area (Å²) in [4.78, 5) is 11.8. The van der Waals surface area contributed by atoms with Crippen LogP contribution in [0.5, 0.6) is 5.75 Å². The van der Waals surface area contributed by atoms with Crippen molar-refractivity contribution in [2.75, 3.05) is 0 Å². The van der Waals surface area contributed by atoms with Gasteiger partial charge in [0.2, 0.25) is 5.78 Å². The number of carbonyl (C=O) groups is 1. The third-order valence-corrected chi connectivity index (χ3v) is 3.31. The number of rotatable bonds is 1. The minimum atomic E-state index is -0.533. The van der Waals surface area contributed by atoms with Gasteiger partial charge in [-0.05, 0) is 28.8 Å². The smallest absolute Gasteiger partial charge is 0.211 e. The van der Waals surface area contributed by atoms with Crippen LogP contribution in [0.4, 0.5) is 4.39 Å². The van der Waals surface area contributed by atoms with Crippen LogP contribution in [0.3, 0.4) is 0 Å². The van der Waals surface area contributed by atoms with Gasteiger partial charge in [0.05, 0.1) is 0 Å². The molecule has 0 aromatic heterocycles. The van der Waals surface area contributed by atoms with Crippen molar-refractivity contribution >= 4 is 11.5 Å². The van der Waals surface area contributed by atoms with E-state index in [1.807, 2.05) is 0 Å². The average molecular weight is 271 g/mol. The molecular formula is C15H10FNO3. The molecule has 0 aliphatic heterocycles. The first-order valence-electron chi connectivity index (χ1n) is 5.97. The molecule has 1 aliphatic carbocycles. The second-order valence-corrected chi connectivity index (χ2v) is 4.62. The Morgan fingerprint density at radius 1 is 1.10 bits per heavy atom. The van der Waals surface area contributed by atoms with Crippen LogP contribution in [-0.4, -0.2) is 21.8 Å². The highest BCUT2D eigenvalue weighted by atomic mass is 19.1. The summed E-state index contributed by atoms with van der Waals surface area (Å²) in [5, 5.41) is 21.2. The van der Waals surface area contributed by atoms with Crippen molar-refractivity contribution in [2.45, 2.75) is 6.42 Å². The molecule has 0 bridgehead atoms. The highest BCUT2D eigenvalue weighted by Crippen LogP contribution is 2.29. The molecule has 0 saturated heterocycles. The molecule has 3 rings (SSSR count). The number of oxime groups is 1. The number of phenolic OH excluding ortho intramolecular Hbond substituents is 1. The van der Waals surface area contributed by atoms with E-state index in [1.165, 1.54) is 12.1 Å². The largest absolute Gasteiger partial charge is 0.508 e. The summed E-state index contributed by atoms with van der Waals surface area (Å²) < 4.78 is 13.3. The van der Waals surface area contributed by atoms with Crippen molar-refractivity contribution < 1.29 is 19.5 Å². The zero-order valence-corrected chi connectivity index (χ0v) is 10.3. The minimum Gasteiger partial charge on any atom is -0.508 e. The molecule has 0 amide bonds. The lowest BCUT2D eigenvalue weighted by Crippen LogP contribution is -2.06. The van der Waals surface area contributed by atoms with Gasteiger partial charge in [0.15, 0.2) is 0 Å². The average Bonchev–Trinajstić information content (AvgIpc) is 2.74. The topological polar surface area (TPSA) is 69.9 Å². The van der Waals surface area contributed by atoms with Gasteiger partial charge in [-0.25, -0.2) is 4.39 Å². The van der Waals surface area contributed by atoms with Gasteiger partial charge in [-0.2, -0.15) is 0 Å². The number of fused-ring (bicyclic) bond motifs is 1. The fourth-order valence-electron chi connectivity index (χ4n) is 2.38. The van der Waals surface area contributed by atoms with Gasteiger partial charge in [0.25, 0.3) is 0 Å². The van der Waals surface area contributed by atoms with E-state index >= 15 is 0 Å². The second-order valence-electron chi connectivity index (χ2n) is 4.62. The van der Waals surface area contributed by atoms with E-state index in [0.717, 1.165) is 11.6 Å². The van der Waals surface area contributed by atoms with Gasteiger partial charge >= 0.3 is 0 Å². The number of ketones is 1. The number of benzene rings is 2. The first kappa shape index (κ1) is 12.3. The molecule has 2 N–H and O–H groups in total. The predicted molar refractivity (Wildman–Crippen MR) is 70.8 cm³/mol. The van der Waals surface area contributed by atoms with Crippen LogP contribution < -0.4 is 0 Å². The van der Waals surface area contributed by atoms with Crippen molar-refractivity contribution in [2.24, 2.45) is 5.16 Å². The van der Waals surface area contributed by atoms with Crippen molar-refractivity contribution in [1.29, 1.82) is 0 Å². The Morgan fingerprint density at radius 2 is 1.90 bits per heavy atom. The summed E-state index contributed by atoms with van der Waals surface area (Å²) in [5.41, 5.74) is 2.52. The summed E-state index contributed by atoms with van der Waals surface area (Å²) in [7, 11) is 0. The molecule has 0 saturated carbocycles. The molecule has 2 aromatic rings. The Morgan fingerprint density at radius 3 is 2.60 bits per heavy atom. The summed E-state index contributed by atoms with van der Waals surface area (Å²) in [6.45, 7) is 0. The lowest BCUT2D eigenvalue weighted by molar-refractivity contribution is 0.106. The van der Waals surface area contributed by atoms with Crippen molar-refractivity contribution in [1.82, 2.24) is 0 Å². The molecule has 0 radical (unpaired) electrons. The van der Waals surface area contributed by atoms with E-state index in [2.05, 4.69) is 5.16 Å². The van der Waals surface area contributed by atoms with E-state index in [1.54, 1.807) is 18.2 Å². The normalized spacial score (nSPS) is 15.7. The maximum atomic E-state index is 13.3. The molecule has 20 heavy (non-hydrogen) atoms. The molecule has 0 atom stereocenters. The quantitative estimate of drug-likeness (QED) is 0.619. The SMILES string of the molecule is O=C1/C(=N/O)Cc2cc(-c3cc(O)cc(F)c3)ccc21. The number of hydrogen-bond donors (Lipinski definition) is 2. The summed E-state index contributed by atoms with van der Waals surface area (Å²) in [6, 6.07) is 8.80. The van der Waals surface area contributed by atoms with Crippen molar-refractivity contribution in [3.63, 3.8) is 0 Å². The zero-order chi connectivity index (χ0) is 14.3. The molecule has 4 nitrogen and oxygen atoms in total. The van der Waals surface area contributed by atoms with Crippen LogP contribution in [-0.2, 0) is 6.42 Å². The monoisotopic (exact) mass is 271 g/mol. The third-order valence-electron chi connectivity index (χ3n) is 3.31. The molecular weight excluding hydrogens is 261 g/mol. The molecule has 0 fully saturated rings. The van der Waals surface area contributed by atoms with Gasteiger partial charge in [0.1, 0.15) is 17.3 Å². The van der Waals surface area contributed by atoms with Crippen LogP contribution >= 0.6 is 0 Å². The van der Waals surface area contributed by atoms with E-state index < -0.39 is 5.82 Å². The van der Waals surface area contributed by atoms with Crippen LogP contribution in [0.15, 0.2) is 41.6 Å². The maximum absolute atomic E-state index is 13.3. The third kappa shape index (κ3) is 1.93. The number of carbonyl (C=O) groups excluding carboxylic acids is 1. The molecule has 5 heteroatoms. The first-order chi connectivity index (χ1) is 9.58. The lowest BCUT2D eigenvalue weighted by Gasteiger charge is -2.05. The second kappa shape index (κ2) is 4.45. The summed E-state index contributed by atoms with van der Waals surface area (Å²) >= 11 is 0. The number of hydrogen-bond acceptors (Lipinski definition) is 4. The Bertz CT molecular complexity index is 733. The fourth-order valence-corrected chi connectivity index (χ4v) is 2.38. The standard InChI is InChI=1S/C15H10FNO3/c16-11-4-9(5-12(18)7-11)8-1-2-13-10(3-8)6-14(17-20)15(13)19/h1-5,7,18,20H,6H2/b17-14+. The number of nitrogens with zero attached hydrogens (tertiary/aromatic N) is 1.